The highest BCUT2D eigenvalue weighted by Crippen LogP contribution is 2.42. The van der Waals surface area contributed by atoms with Crippen molar-refractivity contribution in [3.63, 3.8) is 0 Å². The smallest absolute Gasteiger partial charge is 0.269 e. The second kappa shape index (κ2) is 6.99. The Morgan fingerprint density at radius 3 is 2.61 bits per heavy atom. The van der Waals surface area contributed by atoms with Crippen LogP contribution in [0, 0.1) is 11.6 Å². The van der Waals surface area contributed by atoms with Crippen molar-refractivity contribution >= 4 is 21.6 Å². The van der Waals surface area contributed by atoms with Crippen molar-refractivity contribution in [1.82, 2.24) is 9.29 Å². The van der Waals surface area contributed by atoms with E-state index in [4.69, 9.17) is 11.6 Å². The Labute approximate surface area is 166 Å². The number of fused-ring (bicyclic) bond motifs is 1. The number of rotatable bonds is 4. The summed E-state index contributed by atoms with van der Waals surface area (Å²) in [7, 11) is -2.37. The molecular formula is C20H17ClF2N2O2S. The van der Waals surface area contributed by atoms with Crippen molar-refractivity contribution in [1.29, 1.82) is 0 Å². The van der Waals surface area contributed by atoms with E-state index < -0.39 is 21.7 Å². The molecule has 8 heteroatoms. The molecule has 1 aliphatic rings. The van der Waals surface area contributed by atoms with E-state index in [-0.39, 0.29) is 27.2 Å². The zero-order valence-corrected chi connectivity index (χ0v) is 16.5. The summed E-state index contributed by atoms with van der Waals surface area (Å²) >= 11 is 6.03. The van der Waals surface area contributed by atoms with Gasteiger partial charge in [0.25, 0.3) is 10.0 Å². The fourth-order valence-corrected chi connectivity index (χ4v) is 5.68. The van der Waals surface area contributed by atoms with Crippen molar-refractivity contribution in [3.05, 3.63) is 76.4 Å². The van der Waals surface area contributed by atoms with Crippen LogP contribution in [0.3, 0.4) is 0 Å². The summed E-state index contributed by atoms with van der Waals surface area (Å²) in [6.07, 6.45) is 2.92. The number of aromatic nitrogens is 1. The van der Waals surface area contributed by atoms with Gasteiger partial charge in [0.2, 0.25) is 0 Å². The minimum Gasteiger partial charge on any atom is -0.313 e. The van der Waals surface area contributed by atoms with Crippen LogP contribution in [-0.2, 0) is 16.4 Å². The molecule has 1 heterocycles. The summed E-state index contributed by atoms with van der Waals surface area (Å²) in [5.41, 5.74) is 2.07. The maximum Gasteiger partial charge on any atom is 0.269 e. The third kappa shape index (κ3) is 2.94. The van der Waals surface area contributed by atoms with Gasteiger partial charge in [-0.05, 0) is 61.3 Å². The first-order valence-electron chi connectivity index (χ1n) is 8.71. The quantitative estimate of drug-likeness (QED) is 0.672. The number of benzene rings is 2. The third-order valence-corrected chi connectivity index (χ3v) is 7.22. The molecule has 0 saturated carbocycles. The van der Waals surface area contributed by atoms with Gasteiger partial charge in [0.15, 0.2) is 0 Å². The SMILES string of the molecule is CNC1CCc2c1cn(S(=O)(=O)c1ccc(F)cc1Cl)c2-c1ccccc1F. The second-order valence-corrected chi connectivity index (χ2v) is 8.84. The van der Waals surface area contributed by atoms with Gasteiger partial charge in [-0.2, -0.15) is 0 Å². The van der Waals surface area contributed by atoms with Crippen LogP contribution in [0.4, 0.5) is 8.78 Å². The lowest BCUT2D eigenvalue weighted by Gasteiger charge is -2.14. The summed E-state index contributed by atoms with van der Waals surface area (Å²) in [6, 6.07) is 9.13. The molecule has 0 spiro atoms. The summed E-state index contributed by atoms with van der Waals surface area (Å²) in [6.45, 7) is 0. The van der Waals surface area contributed by atoms with Gasteiger partial charge in [-0.3, -0.25) is 0 Å². The molecule has 3 aromatic rings. The van der Waals surface area contributed by atoms with Crippen LogP contribution in [0.15, 0.2) is 53.6 Å². The average Bonchev–Trinajstić information content (AvgIpc) is 3.21. The molecule has 0 aliphatic heterocycles. The molecule has 146 valence electrons. The van der Waals surface area contributed by atoms with E-state index in [0.717, 1.165) is 39.7 Å². The van der Waals surface area contributed by atoms with Crippen molar-refractivity contribution in [2.75, 3.05) is 7.05 Å². The van der Waals surface area contributed by atoms with E-state index >= 15 is 0 Å². The molecule has 1 aromatic heterocycles. The van der Waals surface area contributed by atoms with Gasteiger partial charge in [0, 0.05) is 17.8 Å². The van der Waals surface area contributed by atoms with E-state index in [2.05, 4.69) is 5.32 Å². The first-order valence-corrected chi connectivity index (χ1v) is 10.5. The van der Waals surface area contributed by atoms with Gasteiger partial charge in [-0.1, -0.05) is 23.7 Å². The normalized spacial score (nSPS) is 16.4. The molecule has 0 saturated heterocycles. The molecule has 1 atom stereocenters. The fourth-order valence-electron chi connectivity index (χ4n) is 3.76. The Bertz CT molecular complexity index is 1170. The van der Waals surface area contributed by atoms with Crippen molar-refractivity contribution in [2.24, 2.45) is 0 Å². The Balaban J connectivity index is 2.01. The van der Waals surface area contributed by atoms with Crippen LogP contribution in [0.5, 0.6) is 0 Å². The first-order chi connectivity index (χ1) is 13.3. The number of nitrogens with one attached hydrogen (secondary N) is 1. The lowest BCUT2D eigenvalue weighted by atomic mass is 10.1. The van der Waals surface area contributed by atoms with E-state index in [1.165, 1.54) is 12.3 Å². The molecule has 4 rings (SSSR count). The standard InChI is InChI=1S/C20H17ClF2N2O2S/c1-24-18-8-7-13-15(18)11-25(20(13)14-4-2-3-5-17(14)23)28(26,27)19-9-6-12(22)10-16(19)21/h2-6,9-11,18,24H,7-8H2,1H3. The molecule has 1 aliphatic carbocycles. The van der Waals surface area contributed by atoms with Gasteiger partial charge in [-0.15, -0.1) is 0 Å². The van der Waals surface area contributed by atoms with Crippen LogP contribution in [0.1, 0.15) is 23.6 Å². The average molecular weight is 423 g/mol. The summed E-state index contributed by atoms with van der Waals surface area (Å²) < 4.78 is 55.9. The van der Waals surface area contributed by atoms with Gasteiger partial charge >= 0.3 is 0 Å². The van der Waals surface area contributed by atoms with Gasteiger partial charge in [0.05, 0.1) is 10.7 Å². The topological polar surface area (TPSA) is 51.1 Å². The van der Waals surface area contributed by atoms with E-state index in [9.17, 15) is 17.2 Å². The zero-order valence-electron chi connectivity index (χ0n) is 14.9. The Morgan fingerprint density at radius 1 is 1.18 bits per heavy atom. The second-order valence-electron chi connectivity index (χ2n) is 6.65. The molecule has 4 nitrogen and oxygen atoms in total. The molecule has 0 amide bonds. The van der Waals surface area contributed by atoms with E-state index in [0.29, 0.717) is 6.42 Å². The highest BCUT2D eigenvalue weighted by molar-refractivity contribution is 7.90. The lowest BCUT2D eigenvalue weighted by molar-refractivity contribution is 0.578. The Morgan fingerprint density at radius 2 is 1.93 bits per heavy atom. The van der Waals surface area contributed by atoms with Crippen LogP contribution < -0.4 is 5.32 Å². The lowest BCUT2D eigenvalue weighted by Crippen LogP contribution is -2.16. The molecular weight excluding hydrogens is 406 g/mol. The molecule has 1 N–H and O–H groups in total. The number of hydrogen-bond acceptors (Lipinski definition) is 3. The zero-order chi connectivity index (χ0) is 20.1. The molecule has 0 bridgehead atoms. The summed E-state index contributed by atoms with van der Waals surface area (Å²) in [4.78, 5) is -0.233. The Kier molecular flexibility index (Phi) is 4.77. The molecule has 0 fully saturated rings. The maximum atomic E-state index is 14.6. The first kappa shape index (κ1) is 19.1. The van der Waals surface area contributed by atoms with Gasteiger partial charge in [-0.25, -0.2) is 21.2 Å². The maximum absolute atomic E-state index is 14.6. The van der Waals surface area contributed by atoms with Crippen LogP contribution >= 0.6 is 11.6 Å². The van der Waals surface area contributed by atoms with E-state index in [1.54, 1.807) is 25.2 Å². The Hall–Kier alpha value is -2.22. The largest absolute Gasteiger partial charge is 0.313 e. The van der Waals surface area contributed by atoms with Crippen molar-refractivity contribution < 1.29 is 17.2 Å². The van der Waals surface area contributed by atoms with Crippen molar-refractivity contribution in [2.45, 2.75) is 23.8 Å². The number of hydrogen-bond donors (Lipinski definition) is 1. The molecule has 1 unspecified atom stereocenters. The third-order valence-electron chi connectivity index (χ3n) is 5.08. The highest BCUT2D eigenvalue weighted by atomic mass is 35.5. The minimum absolute atomic E-state index is 0.0272. The van der Waals surface area contributed by atoms with Crippen LogP contribution in [-0.4, -0.2) is 19.4 Å². The molecule has 2 aromatic carbocycles. The predicted molar refractivity (Wildman–Crippen MR) is 104 cm³/mol. The van der Waals surface area contributed by atoms with Gasteiger partial charge in [0.1, 0.15) is 16.5 Å². The number of nitrogens with zero attached hydrogens (tertiary/aromatic N) is 1. The minimum atomic E-state index is -4.17. The number of halogens is 3. The van der Waals surface area contributed by atoms with Crippen LogP contribution in [0.2, 0.25) is 5.02 Å². The van der Waals surface area contributed by atoms with Crippen molar-refractivity contribution in [3.8, 4) is 11.3 Å². The van der Waals surface area contributed by atoms with Gasteiger partial charge < -0.3 is 5.32 Å². The highest BCUT2D eigenvalue weighted by Gasteiger charge is 2.33. The summed E-state index contributed by atoms with van der Waals surface area (Å²) in [5.74, 6) is -1.15. The van der Waals surface area contributed by atoms with E-state index in [1.807, 2.05) is 0 Å². The van der Waals surface area contributed by atoms with Crippen LogP contribution in [0.25, 0.3) is 11.3 Å². The monoisotopic (exact) mass is 422 g/mol. The molecule has 28 heavy (non-hydrogen) atoms. The summed E-state index contributed by atoms with van der Waals surface area (Å²) in [5, 5.41) is 2.94. The molecule has 0 radical (unpaired) electrons. The predicted octanol–water partition coefficient (Wildman–Crippen LogP) is 4.53. The fraction of sp³-hybridized carbons (Fsp3) is 0.200.